The maximum atomic E-state index is 14.2. The number of aliphatic carboxylic acids is 1. The van der Waals surface area contributed by atoms with Crippen LogP contribution in [-0.2, 0) is 68.0 Å². The van der Waals surface area contributed by atoms with E-state index in [0.29, 0.717) is 28.2 Å². The fourth-order valence-corrected chi connectivity index (χ4v) is 8.20. The number of thioether (sulfide) groups is 2. The van der Waals surface area contributed by atoms with Crippen LogP contribution in [0.25, 0.3) is 10.9 Å². The molecule has 1 aromatic heterocycles. The Hall–Kier alpha value is -6.63. The van der Waals surface area contributed by atoms with Gasteiger partial charge in [0.1, 0.15) is 36.0 Å². The number of primary amides is 1. The van der Waals surface area contributed by atoms with Crippen LogP contribution in [0.4, 0.5) is 0 Å². The molecule has 69 heavy (non-hydrogen) atoms. The van der Waals surface area contributed by atoms with Crippen molar-refractivity contribution in [2.24, 2.45) is 5.73 Å². The molecule has 0 fully saturated rings. The van der Waals surface area contributed by atoms with Crippen LogP contribution in [-0.4, -0.2) is 131 Å². The number of para-hydroxylation sites is 1. The zero-order chi connectivity index (χ0) is 50.5. The highest BCUT2D eigenvalue weighted by atomic mass is 32.3. The van der Waals surface area contributed by atoms with Gasteiger partial charge in [-0.05, 0) is 78.2 Å². The van der Waals surface area contributed by atoms with Crippen molar-refractivity contribution in [3.63, 3.8) is 0 Å². The molecule has 0 saturated heterocycles. The fraction of sp³-hybridized carbons (Fsp3) is 0.378. The van der Waals surface area contributed by atoms with Gasteiger partial charge in [0.05, 0.1) is 13.0 Å². The maximum absolute atomic E-state index is 14.2. The van der Waals surface area contributed by atoms with Gasteiger partial charge in [0.15, 0.2) is 0 Å². The summed E-state index contributed by atoms with van der Waals surface area (Å²) in [5, 5.41) is 25.7. The average molecular weight is 1010 g/mol. The molecule has 0 radical (unpaired) electrons. The van der Waals surface area contributed by atoms with E-state index in [1.807, 2.05) is 24.5 Å². The lowest BCUT2D eigenvalue weighted by Crippen LogP contribution is -2.59. The first-order valence-corrected chi connectivity index (χ1v) is 25.6. The van der Waals surface area contributed by atoms with Gasteiger partial charge in [-0.1, -0.05) is 60.7 Å². The van der Waals surface area contributed by atoms with Crippen molar-refractivity contribution in [3.8, 4) is 5.75 Å². The summed E-state index contributed by atoms with van der Waals surface area (Å²) in [6.45, 7) is -0.612. The van der Waals surface area contributed by atoms with Crippen molar-refractivity contribution in [2.75, 3.05) is 30.6 Å². The standard InChI is InChI=1S/C45H56N8O13S3/c1-67-20-18-33(49-38(54)17-14-27-12-15-30(16-13-27)66-69(63,64)65)42(59)48-26-39(55)50-36(23-29-25-47-32-11-7-6-10-31(29)32)44(61)51-34(19-21-68-2)43(60)53-37(24-40(56)57)45(62)52-35(41(46)58)22-28-8-4-3-5-9-28/h3-13,15-16,25,33-37,47H,14,17-24,26H2,1-2H3,(H2,46,58)(H,48,59)(H,49,54)(H,50,55)(H,51,61)(H,52,62)(H,53,60)(H,56,57)(H,63,64,65)/t33-,34-,35-,36-,37-/m0/s1. The van der Waals surface area contributed by atoms with Crippen LogP contribution in [0.3, 0.4) is 0 Å². The highest BCUT2D eigenvalue weighted by molar-refractivity contribution is 7.98. The lowest BCUT2D eigenvalue weighted by Gasteiger charge is -2.26. The topological polar surface area (TPSA) is 334 Å². The Balaban J connectivity index is 1.46. The highest BCUT2D eigenvalue weighted by Crippen LogP contribution is 2.20. The molecule has 3 aromatic carbocycles. The number of carboxylic acids is 1. The maximum Gasteiger partial charge on any atom is 0.446 e. The summed E-state index contributed by atoms with van der Waals surface area (Å²) in [7, 11) is -4.71. The lowest BCUT2D eigenvalue weighted by molar-refractivity contribution is -0.141. The van der Waals surface area contributed by atoms with Gasteiger partial charge in [-0.3, -0.25) is 42.9 Å². The van der Waals surface area contributed by atoms with E-state index in [9.17, 15) is 51.9 Å². The van der Waals surface area contributed by atoms with Gasteiger partial charge < -0.3 is 51.9 Å². The van der Waals surface area contributed by atoms with E-state index in [1.54, 1.807) is 48.9 Å². The summed E-state index contributed by atoms with van der Waals surface area (Å²) in [5.74, 6) is -6.34. The number of carbonyl (C=O) groups is 8. The van der Waals surface area contributed by atoms with E-state index >= 15 is 0 Å². The van der Waals surface area contributed by atoms with Crippen molar-refractivity contribution in [1.29, 1.82) is 0 Å². The summed E-state index contributed by atoms with van der Waals surface area (Å²) in [6.07, 6.45) is 4.64. The van der Waals surface area contributed by atoms with Gasteiger partial charge in [0.25, 0.3) is 0 Å². The highest BCUT2D eigenvalue weighted by Gasteiger charge is 2.33. The Bertz CT molecular complexity index is 2530. The number of aromatic amines is 1. The zero-order valence-electron chi connectivity index (χ0n) is 37.7. The van der Waals surface area contributed by atoms with Gasteiger partial charge in [-0.2, -0.15) is 31.9 Å². The smallest absolute Gasteiger partial charge is 0.446 e. The molecule has 1 heterocycles. The third-order valence-electron chi connectivity index (χ3n) is 10.4. The molecule has 4 rings (SSSR count). The number of benzene rings is 3. The Morgan fingerprint density at radius 1 is 0.667 bits per heavy atom. The third kappa shape index (κ3) is 19.1. The number of H-pyrrole nitrogens is 1. The van der Waals surface area contributed by atoms with Crippen LogP contribution in [0.1, 0.15) is 42.4 Å². The van der Waals surface area contributed by atoms with Crippen molar-refractivity contribution < 1.29 is 60.6 Å². The van der Waals surface area contributed by atoms with E-state index in [4.69, 9.17) is 10.3 Å². The minimum atomic E-state index is -4.71. The Morgan fingerprint density at radius 3 is 1.86 bits per heavy atom. The number of aromatic nitrogens is 1. The van der Waals surface area contributed by atoms with Gasteiger partial charge in [0.2, 0.25) is 41.4 Å². The first kappa shape index (κ1) is 55.0. The second-order valence-electron chi connectivity index (χ2n) is 15.6. The van der Waals surface area contributed by atoms with E-state index in [0.717, 1.165) is 10.9 Å². The van der Waals surface area contributed by atoms with Crippen molar-refractivity contribution in [3.05, 3.63) is 102 Å². The van der Waals surface area contributed by atoms with E-state index in [1.165, 1.54) is 47.8 Å². The molecule has 21 nitrogen and oxygen atoms in total. The molecular formula is C45H56N8O13S3. The summed E-state index contributed by atoms with van der Waals surface area (Å²) >= 11 is 2.77. The van der Waals surface area contributed by atoms with Gasteiger partial charge in [-0.15, -0.1) is 0 Å². The molecule has 4 aromatic rings. The summed E-state index contributed by atoms with van der Waals surface area (Å²) in [4.78, 5) is 109. The van der Waals surface area contributed by atoms with Crippen LogP contribution in [0.2, 0.25) is 0 Å². The molecule has 0 aliphatic carbocycles. The number of carboxylic acid groups (broad SMARTS) is 1. The lowest BCUT2D eigenvalue weighted by atomic mass is 10.0. The third-order valence-corrected chi connectivity index (χ3v) is 12.1. The van der Waals surface area contributed by atoms with E-state index in [2.05, 4.69) is 41.1 Å². The molecule has 0 bridgehead atoms. The second-order valence-corrected chi connectivity index (χ2v) is 18.6. The quantitative estimate of drug-likeness (QED) is 0.0336. The molecule has 0 saturated carbocycles. The predicted octanol–water partition coefficient (Wildman–Crippen LogP) is 0.774. The van der Waals surface area contributed by atoms with Crippen LogP contribution < -0.4 is 41.8 Å². The number of carbonyl (C=O) groups excluding carboxylic acids is 7. The van der Waals surface area contributed by atoms with Crippen LogP contribution in [0.5, 0.6) is 5.75 Å². The second kappa shape index (κ2) is 27.4. The first-order chi connectivity index (χ1) is 32.8. The Morgan fingerprint density at radius 2 is 1.23 bits per heavy atom. The van der Waals surface area contributed by atoms with Crippen LogP contribution in [0, 0.1) is 0 Å². The molecule has 372 valence electrons. The van der Waals surface area contributed by atoms with Crippen molar-refractivity contribution >= 4 is 92.1 Å². The molecule has 0 aliphatic heterocycles. The van der Waals surface area contributed by atoms with Crippen molar-refractivity contribution in [2.45, 2.75) is 75.2 Å². The number of aryl methyl sites for hydroxylation is 1. The number of fused-ring (bicyclic) bond motifs is 1. The normalized spacial score (nSPS) is 13.4. The average Bonchev–Trinajstić information content (AvgIpc) is 3.71. The molecule has 24 heteroatoms. The molecule has 0 aliphatic rings. The SMILES string of the molecule is CSCC[C@H](NC(=O)CCc1ccc(OS(=O)(=O)O)cc1)C(=O)NCC(=O)N[C@@H](Cc1c[nH]c2ccccc12)C(=O)N[C@@H](CCSC)C(=O)N[C@@H](CC(=O)O)C(=O)N[C@@H](Cc1ccccc1)C(N)=O. The molecule has 5 atom stereocenters. The van der Waals surface area contributed by atoms with Gasteiger partial charge in [-0.25, -0.2) is 0 Å². The Kier molecular flexibility index (Phi) is 21.8. The van der Waals surface area contributed by atoms with E-state index in [-0.39, 0.29) is 44.3 Å². The Labute approximate surface area is 406 Å². The number of hydrogen-bond acceptors (Lipinski definition) is 13. The predicted molar refractivity (Wildman–Crippen MR) is 259 cm³/mol. The number of nitrogens with one attached hydrogen (secondary N) is 7. The monoisotopic (exact) mass is 1010 g/mol. The van der Waals surface area contributed by atoms with Gasteiger partial charge >= 0.3 is 16.4 Å². The number of nitrogens with two attached hydrogens (primary N) is 1. The largest absolute Gasteiger partial charge is 0.481 e. The molecule has 11 N–H and O–H groups in total. The molecular weight excluding hydrogens is 957 g/mol. The molecule has 0 spiro atoms. The molecule has 7 amide bonds. The summed E-state index contributed by atoms with van der Waals surface area (Å²) in [6, 6.07) is 14.8. The number of amides is 7. The van der Waals surface area contributed by atoms with E-state index < -0.39 is 101 Å². The van der Waals surface area contributed by atoms with Crippen LogP contribution >= 0.6 is 23.5 Å². The number of hydrogen-bond donors (Lipinski definition) is 10. The van der Waals surface area contributed by atoms with Crippen LogP contribution in [0.15, 0.2) is 85.1 Å². The minimum Gasteiger partial charge on any atom is -0.481 e. The summed E-state index contributed by atoms with van der Waals surface area (Å²) < 4.78 is 35.2. The number of rotatable bonds is 29. The summed E-state index contributed by atoms with van der Waals surface area (Å²) in [5.41, 5.74) is 8.23. The van der Waals surface area contributed by atoms with Crippen molar-refractivity contribution in [1.82, 2.24) is 36.9 Å². The fourth-order valence-electron chi connectivity index (χ4n) is 6.91. The zero-order valence-corrected chi connectivity index (χ0v) is 40.2. The minimum absolute atomic E-state index is 0.00788. The molecule has 0 unspecified atom stereocenters. The first-order valence-electron chi connectivity index (χ1n) is 21.5. The van der Waals surface area contributed by atoms with Gasteiger partial charge in [0, 0.05) is 36.4 Å².